The Morgan fingerprint density at radius 1 is 0.667 bits per heavy atom. The molecule has 11 nitrogen and oxygen atoms in total. The van der Waals surface area contributed by atoms with Gasteiger partial charge in [0.1, 0.15) is 21.4 Å². The van der Waals surface area contributed by atoms with E-state index in [0.717, 1.165) is 36.4 Å². The predicted octanol–water partition coefficient (Wildman–Crippen LogP) is 10.7. The van der Waals surface area contributed by atoms with E-state index < -0.39 is 89.4 Å². The van der Waals surface area contributed by atoms with Crippen LogP contribution in [0.3, 0.4) is 0 Å². The molecule has 2 N–H and O–H groups in total. The number of alkyl halides is 6. The Labute approximate surface area is 293 Å². The largest absolute Gasteiger partial charge is 0.453 e. The minimum Gasteiger partial charge on any atom is -0.453 e. The first-order valence-corrected chi connectivity index (χ1v) is 15.2. The summed E-state index contributed by atoms with van der Waals surface area (Å²) in [6.45, 7) is 2.84. The quantitative estimate of drug-likeness (QED) is 0.0926. The summed E-state index contributed by atoms with van der Waals surface area (Å²) in [4.78, 5) is 47.2. The molecule has 268 valence electrons. The van der Waals surface area contributed by atoms with Gasteiger partial charge in [-0.2, -0.15) is 26.3 Å². The van der Waals surface area contributed by atoms with Crippen molar-refractivity contribution in [3.8, 4) is 33.8 Å². The van der Waals surface area contributed by atoms with Crippen LogP contribution in [-0.4, -0.2) is 21.7 Å². The number of nitrogens with zero attached hydrogens (tertiary/aromatic N) is 2. The van der Waals surface area contributed by atoms with E-state index in [1.807, 2.05) is 0 Å². The Balaban J connectivity index is 2.12. The Bertz CT molecular complexity index is 1890. The van der Waals surface area contributed by atoms with E-state index in [1.165, 1.54) is 13.8 Å². The van der Waals surface area contributed by atoms with Crippen molar-refractivity contribution in [3.05, 3.63) is 102 Å². The van der Waals surface area contributed by atoms with Gasteiger partial charge in [-0.1, -0.05) is 61.3 Å². The highest BCUT2D eigenvalue weighted by Crippen LogP contribution is 2.53. The van der Waals surface area contributed by atoms with Gasteiger partial charge >= 0.3 is 12.4 Å². The number of nitro benzene ring substituents is 2. The molecule has 0 spiro atoms. The van der Waals surface area contributed by atoms with Crippen molar-refractivity contribution in [2.75, 3.05) is 10.6 Å². The molecule has 0 radical (unpaired) electrons. The van der Waals surface area contributed by atoms with Gasteiger partial charge in [-0.05, 0) is 35.4 Å². The summed E-state index contributed by atoms with van der Waals surface area (Å²) in [5.41, 5.74) is -5.92. The SMILES string of the molecule is CCC(=O)Nc1c([N+](=O)[O-])cc(-c2ccc(C(F)(F)F)cc2)c(Oc2c(-c3ccc(C(F)(F)F)cc3)cc([N+](=O)[O-])c(NC(=O)CC)c2Cl)c1Cl. The minimum absolute atomic E-state index is 0.134. The van der Waals surface area contributed by atoms with Crippen LogP contribution in [0, 0.1) is 20.2 Å². The molecule has 0 heterocycles. The molecule has 0 aliphatic carbocycles. The smallest absolute Gasteiger partial charge is 0.416 e. The van der Waals surface area contributed by atoms with E-state index in [0.29, 0.717) is 24.3 Å². The van der Waals surface area contributed by atoms with Gasteiger partial charge in [-0.3, -0.25) is 29.8 Å². The van der Waals surface area contributed by atoms with E-state index in [2.05, 4.69) is 10.6 Å². The number of carbonyl (C=O) groups is 2. The molecular formula is C32H22Cl2F6N4O7. The summed E-state index contributed by atoms with van der Waals surface area (Å²) in [6, 6.07) is 8.10. The average molecular weight is 759 g/mol. The number of hydrogen-bond acceptors (Lipinski definition) is 7. The number of carbonyl (C=O) groups excluding carboxylic acids is 2. The van der Waals surface area contributed by atoms with Crippen LogP contribution in [0.1, 0.15) is 37.8 Å². The zero-order valence-corrected chi connectivity index (χ0v) is 27.5. The van der Waals surface area contributed by atoms with Gasteiger partial charge in [-0.15, -0.1) is 0 Å². The monoisotopic (exact) mass is 758 g/mol. The highest BCUT2D eigenvalue weighted by molar-refractivity contribution is 6.37. The summed E-state index contributed by atoms with van der Waals surface area (Å²) in [7, 11) is 0. The zero-order valence-electron chi connectivity index (χ0n) is 26.0. The van der Waals surface area contributed by atoms with Gasteiger partial charge < -0.3 is 15.4 Å². The molecule has 19 heteroatoms. The van der Waals surface area contributed by atoms with Crippen LogP contribution in [0.5, 0.6) is 11.5 Å². The van der Waals surface area contributed by atoms with Crippen LogP contribution >= 0.6 is 23.2 Å². The highest BCUT2D eigenvalue weighted by Gasteiger charge is 2.34. The third kappa shape index (κ3) is 8.32. The van der Waals surface area contributed by atoms with Crippen molar-refractivity contribution in [3.63, 3.8) is 0 Å². The second kappa shape index (κ2) is 14.8. The zero-order chi connectivity index (χ0) is 38.0. The first kappa shape index (κ1) is 38.4. The first-order chi connectivity index (χ1) is 23.8. The lowest BCUT2D eigenvalue weighted by Crippen LogP contribution is -2.13. The maximum atomic E-state index is 13.4. The Morgan fingerprint density at radius 3 is 1.24 bits per heavy atom. The maximum Gasteiger partial charge on any atom is 0.416 e. The molecular weight excluding hydrogens is 737 g/mol. The fourth-order valence-corrected chi connectivity index (χ4v) is 5.20. The average Bonchev–Trinajstić information content (AvgIpc) is 3.06. The van der Waals surface area contributed by atoms with Gasteiger partial charge in [0.05, 0.1) is 21.0 Å². The van der Waals surface area contributed by atoms with Gasteiger partial charge in [0.15, 0.2) is 11.5 Å². The minimum atomic E-state index is -4.77. The standard InChI is InChI=1S/C32H22Cl2F6N4O7/c1-3-23(45)41-27-21(43(47)48)13-19(15-5-9-17(10-6-15)31(35,36)37)29(25(27)33)51-30-20(16-7-11-18(12-8-16)32(38,39)40)14-22(44(49)50)28(26(30)34)42-24(46)4-2/h5-14H,3-4H2,1-2H3,(H,41,45)(H,42,46). The second-order valence-electron chi connectivity index (χ2n) is 10.5. The number of benzene rings is 4. The second-order valence-corrected chi connectivity index (χ2v) is 11.2. The van der Waals surface area contributed by atoms with E-state index >= 15 is 0 Å². The third-order valence-corrected chi connectivity index (χ3v) is 7.94. The van der Waals surface area contributed by atoms with Gasteiger partial charge in [0.2, 0.25) is 11.8 Å². The number of anilines is 2. The van der Waals surface area contributed by atoms with Gasteiger partial charge in [-0.25, -0.2) is 0 Å². The molecule has 4 aromatic rings. The van der Waals surface area contributed by atoms with Crippen LogP contribution in [-0.2, 0) is 21.9 Å². The van der Waals surface area contributed by atoms with Crippen LogP contribution in [0.2, 0.25) is 10.0 Å². The number of nitrogens with one attached hydrogen (secondary N) is 2. The number of amides is 2. The van der Waals surface area contributed by atoms with Crippen LogP contribution < -0.4 is 15.4 Å². The van der Waals surface area contributed by atoms with Crippen molar-refractivity contribution < 1.29 is 50.5 Å². The molecule has 0 aliphatic rings. The maximum absolute atomic E-state index is 13.4. The number of hydrogen-bond donors (Lipinski definition) is 2. The molecule has 0 saturated carbocycles. The molecule has 0 atom stereocenters. The molecule has 4 aromatic carbocycles. The number of halogens is 8. The summed E-state index contributed by atoms with van der Waals surface area (Å²) >= 11 is 13.3. The van der Waals surface area contributed by atoms with Crippen molar-refractivity contribution in [1.29, 1.82) is 0 Å². The molecule has 0 saturated heterocycles. The van der Waals surface area contributed by atoms with E-state index in [4.69, 9.17) is 27.9 Å². The van der Waals surface area contributed by atoms with Gasteiger partial charge in [0.25, 0.3) is 11.4 Å². The normalized spacial score (nSPS) is 11.6. The summed E-state index contributed by atoms with van der Waals surface area (Å²) in [5, 5.41) is 27.5. The van der Waals surface area contributed by atoms with E-state index in [-0.39, 0.29) is 35.1 Å². The third-order valence-electron chi connectivity index (χ3n) is 7.22. The summed E-state index contributed by atoms with van der Waals surface area (Å²) < 4.78 is 86.4. The Morgan fingerprint density at radius 2 is 0.980 bits per heavy atom. The van der Waals surface area contributed by atoms with E-state index in [1.54, 1.807) is 0 Å². The van der Waals surface area contributed by atoms with Crippen molar-refractivity contribution in [1.82, 2.24) is 0 Å². The molecule has 4 rings (SSSR count). The fourth-order valence-electron chi connectivity index (χ4n) is 4.63. The van der Waals surface area contributed by atoms with Crippen LogP contribution in [0.15, 0.2) is 60.7 Å². The molecule has 0 aromatic heterocycles. The Kier molecular flexibility index (Phi) is 11.2. The predicted molar refractivity (Wildman–Crippen MR) is 175 cm³/mol. The van der Waals surface area contributed by atoms with Crippen molar-refractivity contribution in [2.24, 2.45) is 0 Å². The van der Waals surface area contributed by atoms with Crippen molar-refractivity contribution >= 4 is 57.8 Å². The first-order valence-electron chi connectivity index (χ1n) is 14.4. The van der Waals surface area contributed by atoms with Crippen molar-refractivity contribution in [2.45, 2.75) is 39.0 Å². The molecule has 0 unspecified atom stereocenters. The number of rotatable bonds is 10. The van der Waals surface area contributed by atoms with Gasteiger partial charge in [0, 0.05) is 36.1 Å². The fraction of sp³-hybridized carbons (Fsp3) is 0.188. The summed E-state index contributed by atoms with van der Waals surface area (Å²) in [6.07, 6.45) is -9.90. The number of nitro groups is 2. The summed E-state index contributed by atoms with van der Waals surface area (Å²) in [5.74, 6) is -2.66. The molecule has 0 aliphatic heterocycles. The van der Waals surface area contributed by atoms with Crippen LogP contribution in [0.25, 0.3) is 22.3 Å². The van der Waals surface area contributed by atoms with Crippen LogP contribution in [0.4, 0.5) is 49.1 Å². The Hall–Kier alpha value is -5.42. The molecule has 0 bridgehead atoms. The lowest BCUT2D eigenvalue weighted by Gasteiger charge is -2.21. The highest BCUT2D eigenvalue weighted by atomic mass is 35.5. The van der Waals surface area contributed by atoms with E-state index in [9.17, 15) is 56.2 Å². The topological polar surface area (TPSA) is 154 Å². The lowest BCUT2D eigenvalue weighted by molar-refractivity contribution is -0.384. The number of ether oxygens (including phenoxy) is 1. The molecule has 0 fully saturated rings. The lowest BCUT2D eigenvalue weighted by atomic mass is 9.99. The molecule has 2 amide bonds. The molecule has 51 heavy (non-hydrogen) atoms.